The smallest absolute Gasteiger partial charge is 0.226 e. The number of aromatic nitrogens is 2. The Morgan fingerprint density at radius 2 is 1.85 bits per heavy atom. The minimum Gasteiger partial charge on any atom is -0.493 e. The number of carbonyl (C=O) groups is 1. The molecule has 0 fully saturated rings. The van der Waals surface area contributed by atoms with Gasteiger partial charge in [-0.25, -0.2) is 9.37 Å². The van der Waals surface area contributed by atoms with Gasteiger partial charge >= 0.3 is 0 Å². The fraction of sp³-hybridized carbons (Fsp3) is 0.200. The summed E-state index contributed by atoms with van der Waals surface area (Å²) in [5.74, 6) is 1.09. The third kappa shape index (κ3) is 3.01. The van der Waals surface area contributed by atoms with Crippen LogP contribution in [-0.4, -0.2) is 29.7 Å². The lowest BCUT2D eigenvalue weighted by atomic mass is 9.89. The second-order valence-electron chi connectivity index (χ2n) is 6.24. The minimum absolute atomic E-state index is 0.105. The molecule has 7 heteroatoms. The molecule has 2 heterocycles. The van der Waals surface area contributed by atoms with Crippen molar-refractivity contribution < 1.29 is 18.7 Å². The van der Waals surface area contributed by atoms with Crippen molar-refractivity contribution >= 4 is 11.7 Å². The number of rotatable bonds is 4. The molecular weight excluding hydrogens is 349 g/mol. The first kappa shape index (κ1) is 17.1. The molecule has 1 aliphatic rings. The topological polar surface area (TPSA) is 65.4 Å². The van der Waals surface area contributed by atoms with Crippen LogP contribution in [0.5, 0.6) is 11.5 Å². The maximum Gasteiger partial charge on any atom is 0.226 e. The first-order chi connectivity index (χ1) is 13.1. The Bertz CT molecular complexity index is 998. The highest BCUT2D eigenvalue weighted by atomic mass is 19.1. The van der Waals surface area contributed by atoms with Gasteiger partial charge in [0, 0.05) is 18.0 Å². The van der Waals surface area contributed by atoms with Gasteiger partial charge < -0.3 is 19.4 Å². The lowest BCUT2D eigenvalue weighted by Gasteiger charge is -2.25. The van der Waals surface area contributed by atoms with Gasteiger partial charge in [-0.15, -0.1) is 0 Å². The normalized spacial score (nSPS) is 15.8. The molecule has 1 aliphatic heterocycles. The van der Waals surface area contributed by atoms with Crippen molar-refractivity contribution in [1.29, 1.82) is 0 Å². The van der Waals surface area contributed by atoms with E-state index in [1.165, 1.54) is 12.1 Å². The standard InChI is InChI=1S/C20H18FN3O3/c1-26-16-8-3-12(9-17(16)27-2)15-10-18(25)23-20-19(15)24(11-22-20)14-6-4-13(21)5-7-14/h3-9,11,15H,10H2,1-2H3,(H,23,25)/t15-/m0/s1. The lowest BCUT2D eigenvalue weighted by molar-refractivity contribution is -0.116. The van der Waals surface area contributed by atoms with Crippen LogP contribution in [-0.2, 0) is 4.79 Å². The number of nitrogens with zero attached hydrogens (tertiary/aromatic N) is 2. The fourth-order valence-electron chi connectivity index (χ4n) is 3.41. The summed E-state index contributed by atoms with van der Waals surface area (Å²) in [7, 11) is 3.15. The molecule has 0 bridgehead atoms. The van der Waals surface area contributed by atoms with Crippen LogP contribution in [0.25, 0.3) is 5.69 Å². The summed E-state index contributed by atoms with van der Waals surface area (Å²) in [5.41, 5.74) is 2.52. The van der Waals surface area contributed by atoms with Crippen LogP contribution in [0.3, 0.4) is 0 Å². The predicted molar refractivity (Wildman–Crippen MR) is 98.2 cm³/mol. The molecule has 0 aliphatic carbocycles. The SMILES string of the molecule is COc1ccc([C@@H]2CC(=O)Nc3ncn(-c4ccc(F)cc4)c32)cc1OC. The predicted octanol–water partition coefficient (Wildman–Crippen LogP) is 3.50. The number of ether oxygens (including phenoxy) is 2. The third-order valence-electron chi connectivity index (χ3n) is 4.70. The molecular formula is C20H18FN3O3. The van der Waals surface area contributed by atoms with Gasteiger partial charge in [-0.2, -0.15) is 0 Å². The van der Waals surface area contributed by atoms with Gasteiger partial charge in [0.1, 0.15) is 12.1 Å². The summed E-state index contributed by atoms with van der Waals surface area (Å²) in [6.07, 6.45) is 1.91. The molecule has 138 valence electrons. The molecule has 4 rings (SSSR count). The van der Waals surface area contributed by atoms with Crippen LogP contribution in [0.2, 0.25) is 0 Å². The van der Waals surface area contributed by atoms with Crippen molar-refractivity contribution in [2.45, 2.75) is 12.3 Å². The third-order valence-corrected chi connectivity index (χ3v) is 4.70. The number of benzene rings is 2. The van der Waals surface area contributed by atoms with E-state index < -0.39 is 0 Å². The fourth-order valence-corrected chi connectivity index (χ4v) is 3.41. The van der Waals surface area contributed by atoms with Gasteiger partial charge in [0.15, 0.2) is 17.3 Å². The molecule has 2 aromatic carbocycles. The molecule has 27 heavy (non-hydrogen) atoms. The molecule has 1 amide bonds. The highest BCUT2D eigenvalue weighted by molar-refractivity contribution is 5.94. The Balaban J connectivity index is 1.84. The maximum atomic E-state index is 13.3. The highest BCUT2D eigenvalue weighted by Crippen LogP contribution is 2.40. The number of nitrogens with one attached hydrogen (secondary N) is 1. The molecule has 0 spiro atoms. The number of anilines is 1. The van der Waals surface area contributed by atoms with Crippen LogP contribution in [0.4, 0.5) is 10.2 Å². The summed E-state index contributed by atoms with van der Waals surface area (Å²) in [6.45, 7) is 0. The molecule has 1 atom stereocenters. The Hall–Kier alpha value is -3.35. The molecule has 0 unspecified atom stereocenters. The quantitative estimate of drug-likeness (QED) is 0.766. The summed E-state index contributed by atoms with van der Waals surface area (Å²) < 4.78 is 25.9. The van der Waals surface area contributed by atoms with E-state index in [0.717, 1.165) is 16.9 Å². The number of fused-ring (bicyclic) bond motifs is 1. The Morgan fingerprint density at radius 1 is 1.11 bits per heavy atom. The first-order valence-corrected chi connectivity index (χ1v) is 8.45. The van der Waals surface area contributed by atoms with E-state index in [9.17, 15) is 9.18 Å². The Labute approximate surface area is 155 Å². The monoisotopic (exact) mass is 367 g/mol. The van der Waals surface area contributed by atoms with Crippen LogP contribution in [0, 0.1) is 5.82 Å². The summed E-state index contributed by atoms with van der Waals surface area (Å²) in [4.78, 5) is 16.6. The summed E-state index contributed by atoms with van der Waals surface area (Å²) in [6, 6.07) is 11.8. The van der Waals surface area contributed by atoms with Crippen LogP contribution >= 0.6 is 0 Å². The molecule has 3 aromatic rings. The lowest BCUT2D eigenvalue weighted by Crippen LogP contribution is -2.25. The van der Waals surface area contributed by atoms with E-state index in [4.69, 9.17) is 9.47 Å². The zero-order valence-corrected chi connectivity index (χ0v) is 14.9. The first-order valence-electron chi connectivity index (χ1n) is 8.45. The number of amides is 1. The van der Waals surface area contributed by atoms with Crippen LogP contribution in [0.1, 0.15) is 23.6 Å². The number of methoxy groups -OCH3 is 2. The van der Waals surface area contributed by atoms with Crippen molar-refractivity contribution in [2.75, 3.05) is 19.5 Å². The zero-order valence-electron chi connectivity index (χ0n) is 14.9. The second kappa shape index (κ2) is 6.75. The van der Waals surface area contributed by atoms with Crippen LogP contribution in [0.15, 0.2) is 48.8 Å². The van der Waals surface area contributed by atoms with Gasteiger partial charge in [0.2, 0.25) is 5.91 Å². The number of hydrogen-bond donors (Lipinski definition) is 1. The zero-order chi connectivity index (χ0) is 19.0. The van der Waals surface area contributed by atoms with Gasteiger partial charge in [0.05, 0.1) is 19.9 Å². The largest absolute Gasteiger partial charge is 0.493 e. The number of carbonyl (C=O) groups excluding carboxylic acids is 1. The van der Waals surface area contributed by atoms with Gasteiger partial charge in [-0.1, -0.05) is 6.07 Å². The van der Waals surface area contributed by atoms with E-state index in [-0.39, 0.29) is 24.1 Å². The number of halogens is 1. The van der Waals surface area contributed by atoms with Crippen molar-refractivity contribution in [3.05, 3.63) is 65.9 Å². The van der Waals surface area contributed by atoms with E-state index >= 15 is 0 Å². The molecule has 0 saturated carbocycles. The number of hydrogen-bond acceptors (Lipinski definition) is 4. The van der Waals surface area contributed by atoms with Gasteiger partial charge in [-0.3, -0.25) is 4.79 Å². The minimum atomic E-state index is -0.308. The molecule has 0 radical (unpaired) electrons. The summed E-state index contributed by atoms with van der Waals surface area (Å²) >= 11 is 0. The van der Waals surface area contributed by atoms with E-state index in [0.29, 0.717) is 17.3 Å². The van der Waals surface area contributed by atoms with Crippen molar-refractivity contribution in [3.8, 4) is 17.2 Å². The molecule has 0 saturated heterocycles. The highest BCUT2D eigenvalue weighted by Gasteiger charge is 2.31. The number of imidazole rings is 1. The van der Waals surface area contributed by atoms with Crippen molar-refractivity contribution in [1.82, 2.24) is 9.55 Å². The average Bonchev–Trinajstić information content (AvgIpc) is 3.11. The second-order valence-corrected chi connectivity index (χ2v) is 6.24. The van der Waals surface area contributed by atoms with Gasteiger partial charge in [0.25, 0.3) is 0 Å². The Morgan fingerprint density at radius 3 is 2.56 bits per heavy atom. The van der Waals surface area contributed by atoms with Crippen molar-refractivity contribution in [3.63, 3.8) is 0 Å². The molecule has 1 aromatic heterocycles. The van der Waals surface area contributed by atoms with Gasteiger partial charge in [-0.05, 0) is 42.0 Å². The van der Waals surface area contributed by atoms with Crippen molar-refractivity contribution in [2.24, 2.45) is 0 Å². The molecule has 6 nitrogen and oxygen atoms in total. The van der Waals surface area contributed by atoms with E-state index in [1.807, 2.05) is 22.8 Å². The average molecular weight is 367 g/mol. The maximum absolute atomic E-state index is 13.3. The summed E-state index contributed by atoms with van der Waals surface area (Å²) in [5, 5.41) is 2.81. The van der Waals surface area contributed by atoms with Crippen LogP contribution < -0.4 is 14.8 Å². The Kier molecular flexibility index (Phi) is 4.27. The van der Waals surface area contributed by atoms with E-state index in [2.05, 4.69) is 10.3 Å². The van der Waals surface area contributed by atoms with E-state index in [1.54, 1.807) is 32.7 Å². The molecule has 1 N–H and O–H groups in total.